The van der Waals surface area contributed by atoms with Crippen molar-refractivity contribution in [2.75, 3.05) is 12.4 Å². The van der Waals surface area contributed by atoms with Gasteiger partial charge in [0, 0.05) is 18.6 Å². The van der Waals surface area contributed by atoms with Gasteiger partial charge in [0.15, 0.2) is 0 Å². The fourth-order valence-electron chi connectivity index (χ4n) is 1.78. The van der Waals surface area contributed by atoms with E-state index in [-0.39, 0.29) is 0 Å². The molecule has 0 aliphatic rings. The van der Waals surface area contributed by atoms with Crippen LogP contribution in [0.25, 0.3) is 0 Å². The summed E-state index contributed by atoms with van der Waals surface area (Å²) in [7, 11) is 1.86. The van der Waals surface area contributed by atoms with Gasteiger partial charge in [-0.25, -0.2) is 0 Å². The second-order valence-corrected chi connectivity index (χ2v) is 5.09. The highest BCUT2D eigenvalue weighted by molar-refractivity contribution is 7.10. The van der Waals surface area contributed by atoms with E-state index in [2.05, 4.69) is 34.0 Å². The Morgan fingerprint density at radius 1 is 1.26 bits per heavy atom. The van der Waals surface area contributed by atoms with Gasteiger partial charge in [-0.15, -0.1) is 5.10 Å². The van der Waals surface area contributed by atoms with Crippen molar-refractivity contribution in [1.82, 2.24) is 9.59 Å². The van der Waals surface area contributed by atoms with Crippen LogP contribution in [0, 0.1) is 0 Å². The number of nitrogens with zero attached hydrogens (tertiary/aromatic N) is 2. The summed E-state index contributed by atoms with van der Waals surface area (Å²) >= 11 is 1.34. The van der Waals surface area contributed by atoms with E-state index in [4.69, 9.17) is 4.74 Å². The topological polar surface area (TPSA) is 47.0 Å². The number of unbranched alkanes of at least 4 members (excludes halogenated alkanes) is 1. The lowest BCUT2D eigenvalue weighted by Gasteiger charge is -2.06. The number of hydrogen-bond donors (Lipinski definition) is 1. The second kappa shape index (κ2) is 7.09. The maximum absolute atomic E-state index is 5.72. The molecule has 0 aliphatic heterocycles. The highest BCUT2D eigenvalue weighted by Gasteiger charge is 2.06. The Kier molecular flexibility index (Phi) is 5.15. The molecule has 19 heavy (non-hydrogen) atoms. The first-order valence-electron chi connectivity index (χ1n) is 6.54. The third-order valence-corrected chi connectivity index (χ3v) is 3.69. The van der Waals surface area contributed by atoms with Gasteiger partial charge in [0.1, 0.15) is 23.1 Å². The molecule has 0 amide bonds. The molecule has 4 nitrogen and oxygen atoms in total. The van der Waals surface area contributed by atoms with Crippen LogP contribution in [0.1, 0.15) is 31.0 Å². The third kappa shape index (κ3) is 3.92. The van der Waals surface area contributed by atoms with Gasteiger partial charge in [0.05, 0.1) is 0 Å². The van der Waals surface area contributed by atoms with Crippen molar-refractivity contribution in [2.24, 2.45) is 0 Å². The first-order chi connectivity index (χ1) is 9.33. The molecule has 0 aliphatic carbocycles. The molecule has 102 valence electrons. The van der Waals surface area contributed by atoms with Crippen molar-refractivity contribution in [3.63, 3.8) is 0 Å². The number of rotatable bonds is 7. The normalized spacial score (nSPS) is 10.4. The van der Waals surface area contributed by atoms with E-state index in [1.165, 1.54) is 29.9 Å². The van der Waals surface area contributed by atoms with Crippen LogP contribution in [0.5, 0.6) is 5.75 Å². The van der Waals surface area contributed by atoms with Crippen LogP contribution in [0.4, 0.5) is 5.00 Å². The Morgan fingerprint density at radius 2 is 2.05 bits per heavy atom. The lowest BCUT2D eigenvalue weighted by Crippen LogP contribution is -1.99. The predicted molar refractivity (Wildman–Crippen MR) is 78.8 cm³/mol. The summed E-state index contributed by atoms with van der Waals surface area (Å²) in [5.41, 5.74) is 2.21. The van der Waals surface area contributed by atoms with E-state index in [0.29, 0.717) is 6.61 Å². The zero-order valence-electron chi connectivity index (χ0n) is 11.3. The van der Waals surface area contributed by atoms with Crippen LogP contribution in [0.3, 0.4) is 0 Å². The Morgan fingerprint density at radius 3 is 2.74 bits per heavy atom. The largest absolute Gasteiger partial charge is 0.487 e. The van der Waals surface area contributed by atoms with Crippen LogP contribution in [-0.2, 0) is 13.0 Å². The van der Waals surface area contributed by atoms with E-state index < -0.39 is 0 Å². The summed E-state index contributed by atoms with van der Waals surface area (Å²) in [5, 5.41) is 8.06. The van der Waals surface area contributed by atoms with E-state index >= 15 is 0 Å². The number of anilines is 1. The molecule has 0 atom stereocenters. The van der Waals surface area contributed by atoms with Crippen molar-refractivity contribution < 1.29 is 4.74 Å². The monoisotopic (exact) mass is 277 g/mol. The molecular weight excluding hydrogens is 258 g/mol. The smallest absolute Gasteiger partial charge is 0.136 e. The fraction of sp³-hybridized carbons (Fsp3) is 0.429. The van der Waals surface area contributed by atoms with E-state index in [1.807, 2.05) is 19.2 Å². The maximum atomic E-state index is 5.72. The standard InChI is InChI=1S/C14H19N3OS/c1-3-4-5-11-6-8-12(9-7-11)18-10-13-14(15-2)19-17-16-13/h6-9,15H,3-5,10H2,1-2H3. The molecule has 1 heterocycles. The number of aromatic nitrogens is 2. The molecule has 0 saturated carbocycles. The molecule has 5 heteroatoms. The Bertz CT molecular complexity index is 496. The Labute approximate surface area is 118 Å². The molecule has 2 aromatic rings. The second-order valence-electron chi connectivity index (χ2n) is 4.33. The van der Waals surface area contributed by atoms with Crippen molar-refractivity contribution in [2.45, 2.75) is 32.8 Å². The SMILES string of the molecule is CCCCc1ccc(OCc2nnsc2NC)cc1. The van der Waals surface area contributed by atoms with Crippen LogP contribution >= 0.6 is 11.5 Å². The van der Waals surface area contributed by atoms with Gasteiger partial charge in [0.2, 0.25) is 0 Å². The van der Waals surface area contributed by atoms with E-state index in [9.17, 15) is 0 Å². The van der Waals surface area contributed by atoms with Gasteiger partial charge in [-0.05, 0) is 30.5 Å². The molecule has 0 radical (unpaired) electrons. The lowest BCUT2D eigenvalue weighted by atomic mass is 10.1. The molecule has 0 saturated heterocycles. The van der Waals surface area contributed by atoms with Gasteiger partial charge < -0.3 is 10.1 Å². The minimum Gasteiger partial charge on any atom is -0.487 e. The van der Waals surface area contributed by atoms with E-state index in [1.54, 1.807) is 0 Å². The molecule has 2 rings (SSSR count). The van der Waals surface area contributed by atoms with Gasteiger partial charge in [-0.3, -0.25) is 0 Å². The van der Waals surface area contributed by atoms with Crippen molar-refractivity contribution in [3.05, 3.63) is 35.5 Å². The molecule has 0 bridgehead atoms. The number of benzene rings is 1. The van der Waals surface area contributed by atoms with Gasteiger partial charge in [0.25, 0.3) is 0 Å². The summed E-state index contributed by atoms with van der Waals surface area (Å²) < 4.78 is 9.62. The Balaban J connectivity index is 1.89. The van der Waals surface area contributed by atoms with Crippen molar-refractivity contribution in [3.8, 4) is 5.75 Å². The zero-order chi connectivity index (χ0) is 13.5. The lowest BCUT2D eigenvalue weighted by molar-refractivity contribution is 0.301. The number of aryl methyl sites for hydroxylation is 1. The molecule has 1 aromatic heterocycles. The number of hydrogen-bond acceptors (Lipinski definition) is 5. The number of ether oxygens (including phenoxy) is 1. The first kappa shape index (κ1) is 13.8. The minimum atomic E-state index is 0.445. The third-order valence-electron chi connectivity index (χ3n) is 2.90. The summed E-state index contributed by atoms with van der Waals surface area (Å²) in [6, 6.07) is 8.29. The van der Waals surface area contributed by atoms with Gasteiger partial charge in [-0.2, -0.15) is 0 Å². The van der Waals surface area contributed by atoms with Crippen LogP contribution in [-0.4, -0.2) is 16.6 Å². The van der Waals surface area contributed by atoms with Gasteiger partial charge in [-0.1, -0.05) is 30.0 Å². The minimum absolute atomic E-state index is 0.445. The predicted octanol–water partition coefficient (Wildman–Crippen LogP) is 3.50. The van der Waals surface area contributed by atoms with Crippen LogP contribution < -0.4 is 10.1 Å². The highest BCUT2D eigenvalue weighted by Crippen LogP contribution is 2.20. The zero-order valence-corrected chi connectivity index (χ0v) is 12.2. The summed E-state index contributed by atoms with van der Waals surface area (Å²) in [4.78, 5) is 0. The summed E-state index contributed by atoms with van der Waals surface area (Å²) in [6.45, 7) is 2.65. The highest BCUT2D eigenvalue weighted by atomic mass is 32.1. The van der Waals surface area contributed by atoms with Crippen molar-refractivity contribution >= 4 is 16.5 Å². The molecule has 0 spiro atoms. The van der Waals surface area contributed by atoms with E-state index in [0.717, 1.165) is 22.9 Å². The molecule has 1 aromatic carbocycles. The first-order valence-corrected chi connectivity index (χ1v) is 7.31. The van der Waals surface area contributed by atoms with Crippen LogP contribution in [0.15, 0.2) is 24.3 Å². The quantitative estimate of drug-likeness (QED) is 0.841. The molecular formula is C14H19N3OS. The Hall–Kier alpha value is -1.62. The summed E-state index contributed by atoms with van der Waals surface area (Å²) in [5.74, 6) is 0.871. The molecule has 0 unspecified atom stereocenters. The molecule has 0 fully saturated rings. The van der Waals surface area contributed by atoms with Crippen molar-refractivity contribution in [1.29, 1.82) is 0 Å². The van der Waals surface area contributed by atoms with Crippen LogP contribution in [0.2, 0.25) is 0 Å². The maximum Gasteiger partial charge on any atom is 0.136 e. The molecule has 1 N–H and O–H groups in total. The average Bonchev–Trinajstić information content (AvgIpc) is 2.91. The van der Waals surface area contributed by atoms with Gasteiger partial charge >= 0.3 is 0 Å². The fourth-order valence-corrected chi connectivity index (χ4v) is 2.30. The summed E-state index contributed by atoms with van der Waals surface area (Å²) in [6.07, 6.45) is 3.59. The number of nitrogens with one attached hydrogen (secondary N) is 1. The average molecular weight is 277 g/mol.